The van der Waals surface area contributed by atoms with Crippen molar-refractivity contribution in [2.45, 2.75) is 45.6 Å². The monoisotopic (exact) mass is 404 g/mol. The second-order valence-electron chi connectivity index (χ2n) is 7.59. The number of methoxy groups -OCH3 is 1. The van der Waals surface area contributed by atoms with E-state index >= 15 is 0 Å². The van der Waals surface area contributed by atoms with Gasteiger partial charge in [-0.1, -0.05) is 32.9 Å². The average molecular weight is 405 g/mol. The van der Waals surface area contributed by atoms with Crippen LogP contribution in [0.4, 0.5) is 0 Å². The first kappa shape index (κ1) is 22.0. The highest BCUT2D eigenvalue weighted by Crippen LogP contribution is 2.26. The highest BCUT2D eigenvalue weighted by molar-refractivity contribution is 7.09. The van der Waals surface area contributed by atoms with Gasteiger partial charge in [0.25, 0.3) is 0 Å². The van der Waals surface area contributed by atoms with Gasteiger partial charge in [-0.25, -0.2) is 4.98 Å². The molecular formula is C21H32N4O2S. The van der Waals surface area contributed by atoms with Crippen LogP contribution >= 0.6 is 11.3 Å². The Hall–Kier alpha value is -2.28. The summed E-state index contributed by atoms with van der Waals surface area (Å²) < 4.78 is 11.3. The molecule has 154 valence electrons. The Morgan fingerprint density at radius 3 is 2.54 bits per heavy atom. The van der Waals surface area contributed by atoms with Gasteiger partial charge in [-0.15, -0.1) is 11.3 Å². The molecule has 1 aromatic carbocycles. The third kappa shape index (κ3) is 6.71. The number of ether oxygens (including phenoxy) is 2. The van der Waals surface area contributed by atoms with E-state index in [-0.39, 0.29) is 11.5 Å². The fourth-order valence-corrected chi connectivity index (χ4v) is 3.52. The van der Waals surface area contributed by atoms with E-state index in [1.807, 2.05) is 31.2 Å². The summed E-state index contributed by atoms with van der Waals surface area (Å²) in [6, 6.07) is 7.65. The first-order valence-corrected chi connectivity index (χ1v) is 10.4. The Morgan fingerprint density at radius 2 is 1.93 bits per heavy atom. The predicted molar refractivity (Wildman–Crippen MR) is 117 cm³/mol. The molecule has 0 amide bonds. The number of hydrogen-bond acceptors (Lipinski definition) is 5. The fraction of sp³-hybridized carbons (Fsp3) is 0.524. The van der Waals surface area contributed by atoms with Gasteiger partial charge in [-0.05, 0) is 19.1 Å². The molecular weight excluding hydrogens is 372 g/mol. The summed E-state index contributed by atoms with van der Waals surface area (Å²) >= 11 is 1.72. The number of rotatable bonds is 8. The zero-order chi connectivity index (χ0) is 20.6. The lowest BCUT2D eigenvalue weighted by molar-refractivity contribution is 0.213. The molecule has 1 aromatic heterocycles. The molecule has 0 bridgehead atoms. The van der Waals surface area contributed by atoms with E-state index in [0.717, 1.165) is 41.1 Å². The van der Waals surface area contributed by atoms with Crippen LogP contribution in [0.25, 0.3) is 0 Å². The lowest BCUT2D eigenvalue weighted by Gasteiger charge is -2.19. The van der Waals surface area contributed by atoms with Crippen molar-refractivity contribution in [1.29, 1.82) is 0 Å². The van der Waals surface area contributed by atoms with Gasteiger partial charge in [0.1, 0.15) is 6.10 Å². The van der Waals surface area contributed by atoms with Crippen molar-refractivity contribution in [2.75, 3.05) is 27.2 Å². The Kier molecular flexibility index (Phi) is 8.11. The summed E-state index contributed by atoms with van der Waals surface area (Å²) in [7, 11) is 3.41. The van der Waals surface area contributed by atoms with Crippen molar-refractivity contribution in [3.63, 3.8) is 0 Å². The topological polar surface area (TPSA) is 67.8 Å². The SMILES string of the molecule is CN=C(NCCc1nc(C(C)(C)C)cs1)NCC(C)Oc1ccccc1OC. The molecule has 0 aliphatic rings. The van der Waals surface area contributed by atoms with Gasteiger partial charge in [-0.2, -0.15) is 0 Å². The molecule has 1 atom stereocenters. The lowest BCUT2D eigenvalue weighted by Crippen LogP contribution is -2.42. The highest BCUT2D eigenvalue weighted by atomic mass is 32.1. The van der Waals surface area contributed by atoms with Gasteiger partial charge in [0.2, 0.25) is 0 Å². The number of aliphatic imine (C=N–C) groups is 1. The molecule has 1 heterocycles. The van der Waals surface area contributed by atoms with Crippen molar-refractivity contribution in [3.05, 3.63) is 40.3 Å². The molecule has 0 aliphatic heterocycles. The minimum absolute atomic E-state index is 0.0387. The number of thiazole rings is 1. The smallest absolute Gasteiger partial charge is 0.191 e. The van der Waals surface area contributed by atoms with E-state index < -0.39 is 0 Å². The van der Waals surface area contributed by atoms with Gasteiger partial charge >= 0.3 is 0 Å². The zero-order valence-electron chi connectivity index (χ0n) is 17.7. The van der Waals surface area contributed by atoms with Crippen LogP contribution in [0.15, 0.2) is 34.6 Å². The minimum Gasteiger partial charge on any atom is -0.493 e. The molecule has 28 heavy (non-hydrogen) atoms. The normalized spacial score (nSPS) is 13.1. The molecule has 0 fully saturated rings. The molecule has 0 saturated carbocycles. The Morgan fingerprint density at radius 1 is 1.21 bits per heavy atom. The maximum absolute atomic E-state index is 5.96. The van der Waals surface area contributed by atoms with E-state index in [1.165, 1.54) is 0 Å². The van der Waals surface area contributed by atoms with Gasteiger partial charge in [0, 0.05) is 30.8 Å². The van der Waals surface area contributed by atoms with Crippen LogP contribution in [0, 0.1) is 0 Å². The molecule has 0 spiro atoms. The van der Waals surface area contributed by atoms with Crippen molar-refractivity contribution in [1.82, 2.24) is 15.6 Å². The third-order valence-corrected chi connectivity index (χ3v) is 5.04. The van der Waals surface area contributed by atoms with Crippen molar-refractivity contribution in [2.24, 2.45) is 4.99 Å². The summed E-state index contributed by atoms with van der Waals surface area (Å²) in [4.78, 5) is 9.00. The van der Waals surface area contributed by atoms with Gasteiger partial charge in [0.15, 0.2) is 17.5 Å². The second kappa shape index (κ2) is 10.3. The zero-order valence-corrected chi connectivity index (χ0v) is 18.5. The average Bonchev–Trinajstić information content (AvgIpc) is 3.14. The Balaban J connectivity index is 1.76. The number of benzene rings is 1. The molecule has 2 aromatic rings. The molecule has 1 unspecified atom stereocenters. The highest BCUT2D eigenvalue weighted by Gasteiger charge is 2.17. The molecule has 6 nitrogen and oxygen atoms in total. The number of nitrogens with zero attached hydrogens (tertiary/aromatic N) is 2. The molecule has 7 heteroatoms. The maximum Gasteiger partial charge on any atom is 0.191 e. The number of nitrogens with one attached hydrogen (secondary N) is 2. The first-order chi connectivity index (χ1) is 13.3. The van der Waals surface area contributed by atoms with Crippen molar-refractivity contribution in [3.8, 4) is 11.5 Å². The van der Waals surface area contributed by atoms with Gasteiger partial charge in [-0.3, -0.25) is 4.99 Å². The van der Waals surface area contributed by atoms with Crippen LogP contribution in [0.1, 0.15) is 38.4 Å². The Bertz CT molecular complexity index is 768. The first-order valence-electron chi connectivity index (χ1n) is 9.52. The molecule has 2 rings (SSSR count). The van der Waals surface area contributed by atoms with Gasteiger partial charge < -0.3 is 20.1 Å². The molecule has 0 aliphatic carbocycles. The van der Waals surface area contributed by atoms with E-state index in [0.29, 0.717) is 6.54 Å². The summed E-state index contributed by atoms with van der Waals surface area (Å²) in [5, 5.41) is 9.92. The standard InChI is InChI=1S/C21H32N4O2S/c1-15(27-17-10-8-7-9-16(17)26-6)13-24-20(22-5)23-12-11-19-25-18(14-28-19)21(2,3)4/h7-10,14-15H,11-13H2,1-6H3,(H2,22,23,24). The van der Waals surface area contributed by atoms with Gasteiger partial charge in [0.05, 0.1) is 24.4 Å². The molecule has 0 radical (unpaired) electrons. The summed E-state index contributed by atoms with van der Waals surface area (Å²) in [6.07, 6.45) is 0.831. The van der Waals surface area contributed by atoms with Crippen LogP contribution in [0.2, 0.25) is 0 Å². The van der Waals surface area contributed by atoms with Crippen molar-refractivity contribution < 1.29 is 9.47 Å². The van der Waals surface area contributed by atoms with E-state index in [4.69, 9.17) is 14.5 Å². The number of aromatic nitrogens is 1. The minimum atomic E-state index is -0.0387. The summed E-state index contributed by atoms with van der Waals surface area (Å²) in [5.74, 6) is 2.22. The van der Waals surface area contributed by atoms with E-state index in [2.05, 4.69) is 41.8 Å². The van der Waals surface area contributed by atoms with Crippen LogP contribution in [-0.2, 0) is 11.8 Å². The van der Waals surface area contributed by atoms with E-state index in [1.54, 1.807) is 25.5 Å². The second-order valence-corrected chi connectivity index (χ2v) is 8.53. The largest absolute Gasteiger partial charge is 0.493 e. The molecule has 0 saturated heterocycles. The summed E-state index contributed by atoms with van der Waals surface area (Å²) in [6.45, 7) is 9.97. The van der Waals surface area contributed by atoms with Crippen LogP contribution in [0.5, 0.6) is 11.5 Å². The summed E-state index contributed by atoms with van der Waals surface area (Å²) in [5.41, 5.74) is 1.24. The lowest BCUT2D eigenvalue weighted by atomic mass is 9.93. The number of para-hydroxylation sites is 2. The van der Waals surface area contributed by atoms with Crippen molar-refractivity contribution >= 4 is 17.3 Å². The third-order valence-electron chi connectivity index (χ3n) is 4.13. The maximum atomic E-state index is 5.96. The number of hydrogen-bond donors (Lipinski definition) is 2. The molecule has 2 N–H and O–H groups in total. The van der Waals surface area contributed by atoms with Crippen LogP contribution < -0.4 is 20.1 Å². The van der Waals surface area contributed by atoms with Crippen LogP contribution in [0.3, 0.4) is 0 Å². The number of guanidine groups is 1. The van der Waals surface area contributed by atoms with Crippen LogP contribution in [-0.4, -0.2) is 44.3 Å². The van der Waals surface area contributed by atoms with E-state index in [9.17, 15) is 0 Å². The fourth-order valence-electron chi connectivity index (χ4n) is 2.49. The quantitative estimate of drug-likeness (QED) is 0.519. The predicted octanol–water partition coefficient (Wildman–Crippen LogP) is 3.62. The Labute approximate surface area is 172 Å².